The first-order valence-electron chi connectivity index (χ1n) is 12.0. The van der Waals surface area contributed by atoms with Crippen molar-refractivity contribution in [1.29, 1.82) is 0 Å². The fraction of sp³-hybridized carbons (Fsp3) is 0.478. The van der Waals surface area contributed by atoms with E-state index in [0.29, 0.717) is 22.8 Å². The van der Waals surface area contributed by atoms with Gasteiger partial charge >= 0.3 is 5.97 Å². The van der Waals surface area contributed by atoms with E-state index < -0.39 is 42.7 Å². The molecule has 38 heavy (non-hydrogen) atoms. The van der Waals surface area contributed by atoms with Gasteiger partial charge < -0.3 is 24.9 Å². The van der Waals surface area contributed by atoms with Crippen LogP contribution in [0.25, 0.3) is 0 Å². The fourth-order valence-electron chi connectivity index (χ4n) is 3.89. The van der Waals surface area contributed by atoms with Gasteiger partial charge in [0.1, 0.15) is 17.2 Å². The van der Waals surface area contributed by atoms with Gasteiger partial charge in [-0.25, -0.2) is 13.2 Å². The van der Waals surface area contributed by atoms with Crippen LogP contribution in [0.15, 0.2) is 35.8 Å². The number of ether oxygens (including phenoxy) is 1. The largest absolute Gasteiger partial charge is 0.504 e. The van der Waals surface area contributed by atoms with Gasteiger partial charge in [-0.2, -0.15) is 12.7 Å². The van der Waals surface area contributed by atoms with Crippen LogP contribution in [0.1, 0.15) is 56.6 Å². The molecule has 210 valence electrons. The summed E-state index contributed by atoms with van der Waals surface area (Å²) in [5.41, 5.74) is -0.219. The second-order valence-electron chi connectivity index (χ2n) is 8.28. The van der Waals surface area contributed by atoms with Crippen LogP contribution < -0.4 is 10.6 Å². The number of anilines is 1. The van der Waals surface area contributed by atoms with Gasteiger partial charge in [0.2, 0.25) is 4.91 Å². The van der Waals surface area contributed by atoms with Crippen LogP contribution in [0.3, 0.4) is 0 Å². The molecule has 1 aliphatic rings. The summed E-state index contributed by atoms with van der Waals surface area (Å²) >= 11 is 0.835. The number of carbonyl (C=O) groups is 1. The minimum absolute atomic E-state index is 0.0408. The summed E-state index contributed by atoms with van der Waals surface area (Å²) in [6.07, 6.45) is 0.453. The SMILES string of the molecule is CCOC(=O)C1=C(N[C@H](CC)c2ccc(C)o2)C(Nc2c(C)sc(S(=O)(=O)N(CC)CC)c2O)=NS1(=O)=O. The van der Waals surface area contributed by atoms with Gasteiger partial charge in [0.15, 0.2) is 15.8 Å². The number of nitrogens with one attached hydrogen (secondary N) is 2. The number of esters is 1. The molecule has 0 aliphatic carbocycles. The second-order valence-corrected chi connectivity index (χ2v) is 13.2. The Bertz CT molecular complexity index is 1480. The lowest BCUT2D eigenvalue weighted by molar-refractivity contribution is -0.137. The van der Waals surface area contributed by atoms with Gasteiger partial charge in [-0.1, -0.05) is 20.8 Å². The number of aromatic hydroxyl groups is 1. The standard InChI is InChI=1S/C23H32N4O8S3/c1-7-15(16-12-11-13(5)35-16)24-18-20(22(29)34-10-4)37(30,31)26-21(18)25-17-14(6)36-23(19(17)28)38(32,33)27(8-2)9-3/h11-12,15,24,28H,7-10H2,1-6H3,(H,25,26)/t15-/m1/s1. The van der Waals surface area contributed by atoms with E-state index in [0.717, 1.165) is 11.3 Å². The number of rotatable bonds is 11. The van der Waals surface area contributed by atoms with E-state index in [9.17, 15) is 26.7 Å². The molecular formula is C23H32N4O8S3. The van der Waals surface area contributed by atoms with Crippen molar-refractivity contribution in [3.8, 4) is 5.75 Å². The number of amidine groups is 1. The highest BCUT2D eigenvalue weighted by Crippen LogP contribution is 2.43. The van der Waals surface area contributed by atoms with E-state index in [4.69, 9.17) is 9.15 Å². The molecule has 1 atom stereocenters. The molecule has 12 nitrogen and oxygen atoms in total. The van der Waals surface area contributed by atoms with Crippen LogP contribution in [-0.2, 0) is 29.6 Å². The number of aryl methyl sites for hydroxylation is 2. The van der Waals surface area contributed by atoms with Crippen molar-refractivity contribution in [2.24, 2.45) is 4.40 Å². The molecule has 0 unspecified atom stereocenters. The van der Waals surface area contributed by atoms with Crippen LogP contribution in [0, 0.1) is 13.8 Å². The molecule has 0 saturated heterocycles. The summed E-state index contributed by atoms with van der Waals surface area (Å²) in [5, 5.41) is 16.7. The van der Waals surface area contributed by atoms with Gasteiger partial charge in [0.05, 0.1) is 18.3 Å². The minimum atomic E-state index is -4.49. The second kappa shape index (κ2) is 11.5. The van der Waals surface area contributed by atoms with Gasteiger partial charge in [-0.3, -0.25) is 0 Å². The third-order valence-electron chi connectivity index (χ3n) is 5.78. The maximum atomic E-state index is 13.1. The highest BCUT2D eigenvalue weighted by molar-refractivity contribution is 7.95. The van der Waals surface area contributed by atoms with Crippen molar-refractivity contribution in [3.63, 3.8) is 0 Å². The summed E-state index contributed by atoms with van der Waals surface area (Å²) in [6, 6.07) is 2.94. The summed E-state index contributed by atoms with van der Waals surface area (Å²) in [4.78, 5) is 12.4. The number of nitrogens with zero attached hydrogens (tertiary/aromatic N) is 2. The number of furan rings is 1. The van der Waals surface area contributed by atoms with Gasteiger partial charge in [0.25, 0.3) is 20.0 Å². The Morgan fingerprint density at radius 3 is 2.39 bits per heavy atom. The van der Waals surface area contributed by atoms with Gasteiger partial charge in [-0.05, 0) is 39.3 Å². The lowest BCUT2D eigenvalue weighted by Crippen LogP contribution is -2.30. The van der Waals surface area contributed by atoms with Crippen LogP contribution in [0.5, 0.6) is 5.75 Å². The average molecular weight is 589 g/mol. The monoisotopic (exact) mass is 588 g/mol. The zero-order valence-electron chi connectivity index (χ0n) is 22.0. The Labute approximate surface area is 226 Å². The third kappa shape index (κ3) is 5.60. The molecule has 0 aromatic carbocycles. The van der Waals surface area contributed by atoms with E-state index in [2.05, 4.69) is 15.0 Å². The van der Waals surface area contributed by atoms with E-state index >= 15 is 0 Å². The maximum absolute atomic E-state index is 13.1. The molecule has 3 heterocycles. The third-order valence-corrected chi connectivity index (χ3v) is 10.7. The molecule has 0 radical (unpaired) electrons. The lowest BCUT2D eigenvalue weighted by Gasteiger charge is -2.19. The van der Waals surface area contributed by atoms with E-state index in [1.807, 2.05) is 6.92 Å². The van der Waals surface area contributed by atoms with E-state index in [1.54, 1.807) is 39.8 Å². The van der Waals surface area contributed by atoms with Crippen molar-refractivity contribution < 1.29 is 35.9 Å². The van der Waals surface area contributed by atoms with Crippen molar-refractivity contribution in [2.75, 3.05) is 25.0 Å². The molecule has 15 heteroatoms. The highest BCUT2D eigenvalue weighted by atomic mass is 32.2. The van der Waals surface area contributed by atoms with Crippen molar-refractivity contribution in [2.45, 2.75) is 58.2 Å². The molecular weight excluding hydrogens is 556 g/mol. The van der Waals surface area contributed by atoms with Crippen molar-refractivity contribution in [3.05, 3.63) is 39.1 Å². The number of carbonyl (C=O) groups excluding carboxylic acids is 1. The first-order chi connectivity index (χ1) is 17.8. The van der Waals surface area contributed by atoms with Crippen LogP contribution >= 0.6 is 11.3 Å². The number of hydrogen-bond acceptors (Lipinski definition) is 11. The Hall–Kier alpha value is -2.88. The molecule has 0 amide bonds. The number of sulfonamides is 2. The van der Waals surface area contributed by atoms with Gasteiger partial charge in [-0.15, -0.1) is 15.7 Å². The molecule has 0 fully saturated rings. The smallest absolute Gasteiger partial charge is 0.354 e. The number of hydrogen-bond donors (Lipinski definition) is 3. The Balaban J connectivity index is 2.11. The molecule has 3 N–H and O–H groups in total. The zero-order chi connectivity index (χ0) is 28.4. The van der Waals surface area contributed by atoms with Crippen molar-refractivity contribution >= 4 is 48.9 Å². The molecule has 2 aromatic rings. The highest BCUT2D eigenvalue weighted by Gasteiger charge is 2.41. The molecule has 0 spiro atoms. The maximum Gasteiger partial charge on any atom is 0.354 e. The fourth-order valence-corrected chi connectivity index (χ4v) is 8.14. The molecule has 0 bridgehead atoms. The summed E-state index contributed by atoms with van der Waals surface area (Å²) < 4.78 is 67.4. The van der Waals surface area contributed by atoms with Gasteiger partial charge in [0, 0.05) is 18.0 Å². The van der Waals surface area contributed by atoms with E-state index in [1.165, 1.54) is 11.2 Å². The summed E-state index contributed by atoms with van der Waals surface area (Å²) in [6.45, 7) is 10.4. The first kappa shape index (κ1) is 29.7. The predicted octanol–water partition coefficient (Wildman–Crippen LogP) is 3.36. The average Bonchev–Trinajstić information content (AvgIpc) is 3.47. The molecule has 0 saturated carbocycles. The van der Waals surface area contributed by atoms with E-state index in [-0.39, 0.29) is 41.1 Å². The van der Waals surface area contributed by atoms with Crippen molar-refractivity contribution in [1.82, 2.24) is 9.62 Å². The predicted molar refractivity (Wildman–Crippen MR) is 144 cm³/mol. The summed E-state index contributed by atoms with van der Waals surface area (Å²) in [7, 11) is -8.50. The Morgan fingerprint density at radius 1 is 1.21 bits per heavy atom. The normalized spacial score (nSPS) is 16.0. The topological polar surface area (TPSA) is 168 Å². The Morgan fingerprint density at radius 2 is 1.87 bits per heavy atom. The zero-order valence-corrected chi connectivity index (χ0v) is 24.4. The first-order valence-corrected chi connectivity index (χ1v) is 15.7. The number of thiophene rings is 1. The van der Waals surface area contributed by atoms with Crippen LogP contribution in [0.2, 0.25) is 0 Å². The lowest BCUT2D eigenvalue weighted by atomic mass is 10.1. The molecule has 1 aliphatic heterocycles. The molecule has 2 aromatic heterocycles. The van der Waals surface area contributed by atoms with Crippen LogP contribution in [-0.4, -0.2) is 57.7 Å². The molecule has 3 rings (SSSR count). The quantitative estimate of drug-likeness (QED) is 0.331. The Kier molecular flexibility index (Phi) is 8.96. The minimum Gasteiger partial charge on any atom is -0.504 e. The summed E-state index contributed by atoms with van der Waals surface area (Å²) in [5.74, 6) is -0.815. The van der Waals surface area contributed by atoms with Crippen LogP contribution in [0.4, 0.5) is 5.69 Å².